The maximum atomic E-state index is 12.1. The van der Waals surface area contributed by atoms with Crippen LogP contribution in [0.15, 0.2) is 30.3 Å². The maximum Gasteiger partial charge on any atom is 0.214 e. The molecule has 0 heterocycles. The molecule has 0 aliphatic carbocycles. The zero-order valence-electron chi connectivity index (χ0n) is 10.7. The molecule has 102 valence electrons. The van der Waals surface area contributed by atoms with Crippen LogP contribution in [-0.4, -0.2) is 30.9 Å². The fraction of sp³-hybridized carbons (Fsp3) is 0.538. The predicted molar refractivity (Wildman–Crippen MR) is 76.3 cm³/mol. The van der Waals surface area contributed by atoms with Crippen LogP contribution in [0.4, 0.5) is 0 Å². The van der Waals surface area contributed by atoms with Crippen LogP contribution in [-0.2, 0) is 16.6 Å². The van der Waals surface area contributed by atoms with E-state index in [1.807, 2.05) is 37.3 Å². The van der Waals surface area contributed by atoms with Crippen molar-refractivity contribution in [3.63, 3.8) is 0 Å². The van der Waals surface area contributed by atoms with Gasteiger partial charge in [-0.3, -0.25) is 0 Å². The maximum absolute atomic E-state index is 12.1. The Hall–Kier alpha value is -0.580. The van der Waals surface area contributed by atoms with Gasteiger partial charge in [-0.2, -0.15) is 4.31 Å². The second-order valence-electron chi connectivity index (χ2n) is 4.12. The van der Waals surface area contributed by atoms with Crippen LogP contribution in [0.25, 0.3) is 0 Å². The van der Waals surface area contributed by atoms with Crippen molar-refractivity contribution in [2.75, 3.05) is 18.2 Å². The van der Waals surface area contributed by atoms with Gasteiger partial charge in [0.1, 0.15) is 0 Å². The normalized spacial score (nSPS) is 11.9. The number of unbranched alkanes of at least 4 members (excludes halogenated alkanes) is 1. The van der Waals surface area contributed by atoms with Crippen LogP contribution < -0.4 is 0 Å². The van der Waals surface area contributed by atoms with Crippen molar-refractivity contribution in [1.29, 1.82) is 0 Å². The van der Waals surface area contributed by atoms with E-state index in [1.165, 1.54) is 4.31 Å². The Labute approximate surface area is 115 Å². The van der Waals surface area contributed by atoms with E-state index in [1.54, 1.807) is 0 Å². The highest BCUT2D eigenvalue weighted by Crippen LogP contribution is 2.11. The Morgan fingerprint density at radius 1 is 1.17 bits per heavy atom. The van der Waals surface area contributed by atoms with Gasteiger partial charge in [0, 0.05) is 19.0 Å². The zero-order valence-corrected chi connectivity index (χ0v) is 12.3. The minimum absolute atomic E-state index is 0.181. The third kappa shape index (κ3) is 4.96. The van der Waals surface area contributed by atoms with Gasteiger partial charge in [-0.25, -0.2) is 8.42 Å². The number of benzene rings is 1. The summed E-state index contributed by atoms with van der Waals surface area (Å²) in [5, 5.41) is 0. The topological polar surface area (TPSA) is 37.4 Å². The molecule has 0 saturated carbocycles. The second kappa shape index (κ2) is 7.77. The highest BCUT2D eigenvalue weighted by molar-refractivity contribution is 7.89. The number of nitrogens with zero attached hydrogens (tertiary/aromatic N) is 1. The summed E-state index contributed by atoms with van der Waals surface area (Å²) in [6.07, 6.45) is 1.36. The fourth-order valence-electron chi connectivity index (χ4n) is 1.70. The molecule has 0 unspecified atom stereocenters. The number of hydrogen-bond donors (Lipinski definition) is 0. The molecule has 1 aromatic carbocycles. The summed E-state index contributed by atoms with van der Waals surface area (Å²) < 4.78 is 25.8. The van der Waals surface area contributed by atoms with Gasteiger partial charge in [-0.05, 0) is 18.4 Å². The lowest BCUT2D eigenvalue weighted by Gasteiger charge is -2.20. The molecule has 0 spiro atoms. The third-order valence-electron chi connectivity index (χ3n) is 2.73. The molecule has 1 aromatic rings. The number of hydrogen-bond acceptors (Lipinski definition) is 2. The zero-order chi connectivity index (χ0) is 13.4. The van der Waals surface area contributed by atoms with E-state index < -0.39 is 10.0 Å². The molecule has 0 amide bonds. The van der Waals surface area contributed by atoms with Crippen molar-refractivity contribution in [2.45, 2.75) is 26.3 Å². The Morgan fingerprint density at radius 2 is 1.83 bits per heavy atom. The van der Waals surface area contributed by atoms with Crippen LogP contribution in [0, 0.1) is 0 Å². The second-order valence-corrected chi connectivity index (χ2v) is 6.59. The Bertz CT molecular complexity index is 434. The number of halogens is 1. The summed E-state index contributed by atoms with van der Waals surface area (Å²) >= 11 is 5.57. The molecule has 0 bridgehead atoms. The minimum atomic E-state index is -3.17. The Morgan fingerprint density at radius 3 is 2.39 bits per heavy atom. The molecule has 18 heavy (non-hydrogen) atoms. The first-order valence-electron chi connectivity index (χ1n) is 6.18. The van der Waals surface area contributed by atoms with Crippen LogP contribution >= 0.6 is 11.6 Å². The molecule has 0 radical (unpaired) electrons. The van der Waals surface area contributed by atoms with E-state index in [-0.39, 0.29) is 5.75 Å². The molecule has 0 aliphatic rings. The van der Waals surface area contributed by atoms with Gasteiger partial charge in [-0.1, -0.05) is 37.3 Å². The predicted octanol–water partition coefficient (Wildman–Crippen LogP) is 2.86. The number of rotatable bonds is 8. The summed E-state index contributed by atoms with van der Waals surface area (Å²) in [6, 6.07) is 9.65. The summed E-state index contributed by atoms with van der Waals surface area (Å²) in [7, 11) is -3.17. The summed E-state index contributed by atoms with van der Waals surface area (Å²) in [5.41, 5.74) is 1.01. The van der Waals surface area contributed by atoms with Gasteiger partial charge in [0.15, 0.2) is 0 Å². The molecule has 0 aliphatic heterocycles. The molecule has 0 fully saturated rings. The van der Waals surface area contributed by atoms with Crippen LogP contribution in [0.1, 0.15) is 25.3 Å². The van der Waals surface area contributed by atoms with Crippen molar-refractivity contribution in [3.8, 4) is 0 Å². The van der Waals surface area contributed by atoms with Gasteiger partial charge in [0.2, 0.25) is 10.0 Å². The van der Waals surface area contributed by atoms with Gasteiger partial charge in [-0.15, -0.1) is 11.6 Å². The summed E-state index contributed by atoms with van der Waals surface area (Å²) in [5.74, 6) is 0.695. The fourth-order valence-corrected chi connectivity index (χ4v) is 3.46. The lowest BCUT2D eigenvalue weighted by molar-refractivity contribution is 0.422. The van der Waals surface area contributed by atoms with Gasteiger partial charge < -0.3 is 0 Å². The van der Waals surface area contributed by atoms with Gasteiger partial charge in [0.05, 0.1) is 5.75 Å². The molecule has 0 aromatic heterocycles. The lowest BCUT2D eigenvalue weighted by atomic mass is 10.2. The van der Waals surface area contributed by atoms with Gasteiger partial charge >= 0.3 is 0 Å². The smallest absolute Gasteiger partial charge is 0.212 e. The first kappa shape index (κ1) is 15.5. The molecule has 0 N–H and O–H groups in total. The van der Waals surface area contributed by atoms with Crippen LogP contribution in [0.2, 0.25) is 0 Å². The van der Waals surface area contributed by atoms with Crippen molar-refractivity contribution < 1.29 is 8.42 Å². The van der Waals surface area contributed by atoms with E-state index in [2.05, 4.69) is 0 Å². The molecule has 5 heteroatoms. The van der Waals surface area contributed by atoms with Crippen molar-refractivity contribution in [1.82, 2.24) is 4.31 Å². The number of alkyl halides is 1. The molecule has 1 rings (SSSR count). The van der Waals surface area contributed by atoms with Crippen molar-refractivity contribution >= 4 is 21.6 Å². The quantitative estimate of drug-likeness (QED) is 0.545. The SMILES string of the molecule is CCN(Cc1ccccc1)S(=O)(=O)CCCCCl. The Balaban J connectivity index is 2.65. The van der Waals surface area contributed by atoms with E-state index in [4.69, 9.17) is 11.6 Å². The monoisotopic (exact) mass is 289 g/mol. The average molecular weight is 290 g/mol. The van der Waals surface area contributed by atoms with Crippen LogP contribution in [0.5, 0.6) is 0 Å². The van der Waals surface area contributed by atoms with E-state index in [0.717, 1.165) is 12.0 Å². The molecule has 3 nitrogen and oxygen atoms in total. The highest BCUT2D eigenvalue weighted by Gasteiger charge is 2.19. The third-order valence-corrected chi connectivity index (χ3v) is 4.98. The molecular weight excluding hydrogens is 270 g/mol. The number of sulfonamides is 1. The van der Waals surface area contributed by atoms with Crippen molar-refractivity contribution in [3.05, 3.63) is 35.9 Å². The van der Waals surface area contributed by atoms with E-state index in [9.17, 15) is 8.42 Å². The van der Waals surface area contributed by atoms with Crippen molar-refractivity contribution in [2.24, 2.45) is 0 Å². The molecular formula is C13H20ClNO2S. The molecule has 0 atom stereocenters. The first-order chi connectivity index (χ1) is 8.60. The average Bonchev–Trinajstić information content (AvgIpc) is 2.37. The van der Waals surface area contributed by atoms with E-state index in [0.29, 0.717) is 25.4 Å². The summed E-state index contributed by atoms with van der Waals surface area (Å²) in [6.45, 7) is 2.81. The largest absolute Gasteiger partial charge is 0.214 e. The van der Waals surface area contributed by atoms with Crippen LogP contribution in [0.3, 0.4) is 0 Å². The van der Waals surface area contributed by atoms with E-state index >= 15 is 0 Å². The minimum Gasteiger partial charge on any atom is -0.212 e. The summed E-state index contributed by atoms with van der Waals surface area (Å²) in [4.78, 5) is 0. The molecule has 0 saturated heterocycles. The standard InChI is InChI=1S/C13H20ClNO2S/c1-2-15(12-13-8-4-3-5-9-13)18(16,17)11-7-6-10-14/h3-5,8-9H,2,6-7,10-12H2,1H3. The lowest BCUT2D eigenvalue weighted by Crippen LogP contribution is -2.32. The Kier molecular flexibility index (Phi) is 6.68. The first-order valence-corrected chi connectivity index (χ1v) is 8.32. The van der Waals surface area contributed by atoms with Gasteiger partial charge in [0.25, 0.3) is 0 Å². The highest BCUT2D eigenvalue weighted by atomic mass is 35.5.